The summed E-state index contributed by atoms with van der Waals surface area (Å²) < 4.78 is 5.47. The lowest BCUT2D eigenvalue weighted by atomic mass is 10.0. The van der Waals surface area contributed by atoms with E-state index in [0.717, 1.165) is 16.0 Å². The fourth-order valence-electron chi connectivity index (χ4n) is 2.24. The first-order chi connectivity index (χ1) is 11.8. The van der Waals surface area contributed by atoms with Crippen LogP contribution in [0.4, 0.5) is 0 Å². The minimum absolute atomic E-state index is 0.111. The number of carbonyl (C=O) groups excluding carboxylic acids is 1. The van der Waals surface area contributed by atoms with Crippen LogP contribution in [-0.4, -0.2) is 28.7 Å². The van der Waals surface area contributed by atoms with Crippen LogP contribution in [0.2, 0.25) is 0 Å². The Morgan fingerprint density at radius 3 is 2.16 bits per heavy atom. The van der Waals surface area contributed by atoms with Crippen LogP contribution in [0.5, 0.6) is 5.75 Å². The number of hydrogen-bond donors (Lipinski definition) is 1. The minimum Gasteiger partial charge on any atom is -0.478 e. The number of carboxylic acid groups (broad SMARTS) is 1. The Bertz CT molecular complexity index is 733. The van der Waals surface area contributed by atoms with Crippen molar-refractivity contribution in [1.82, 2.24) is 0 Å². The van der Waals surface area contributed by atoms with Crippen molar-refractivity contribution in [3.05, 3.63) is 59.7 Å². The number of aliphatic carboxylic acids is 1. The zero-order valence-electron chi connectivity index (χ0n) is 14.6. The highest BCUT2D eigenvalue weighted by molar-refractivity contribution is 7.98. The molecule has 0 spiro atoms. The molecular weight excluding hydrogens is 336 g/mol. The van der Waals surface area contributed by atoms with Gasteiger partial charge in [0.15, 0.2) is 11.4 Å². The van der Waals surface area contributed by atoms with E-state index in [1.54, 1.807) is 23.9 Å². The summed E-state index contributed by atoms with van der Waals surface area (Å²) in [5, 5.41) is 9.08. The van der Waals surface area contributed by atoms with Crippen LogP contribution in [0.15, 0.2) is 53.4 Å². The van der Waals surface area contributed by atoms with E-state index in [1.807, 2.05) is 42.7 Å². The van der Waals surface area contributed by atoms with Crippen LogP contribution in [0, 0.1) is 0 Å². The summed E-state index contributed by atoms with van der Waals surface area (Å²) in [4.78, 5) is 24.5. The molecule has 0 fully saturated rings. The van der Waals surface area contributed by atoms with Gasteiger partial charge in [0, 0.05) is 16.9 Å². The Hall–Kier alpha value is -2.27. The van der Waals surface area contributed by atoms with Crippen molar-refractivity contribution in [3.8, 4) is 5.75 Å². The highest BCUT2D eigenvalue weighted by atomic mass is 32.2. The van der Waals surface area contributed by atoms with E-state index in [9.17, 15) is 9.59 Å². The fraction of sp³-hybridized carbons (Fsp3) is 0.300. The quantitative estimate of drug-likeness (QED) is 0.557. The van der Waals surface area contributed by atoms with Crippen LogP contribution >= 0.6 is 11.8 Å². The molecule has 0 aliphatic heterocycles. The smallest absolute Gasteiger partial charge is 0.347 e. The summed E-state index contributed by atoms with van der Waals surface area (Å²) in [6.45, 7) is 3.01. The minimum atomic E-state index is -1.28. The maximum Gasteiger partial charge on any atom is 0.347 e. The SMILES string of the molecule is CSc1ccc(C(=O)CCc2ccc(OC(C)(C)C(=O)O)cc2)cc1. The molecule has 0 radical (unpaired) electrons. The number of carboxylic acids is 1. The molecule has 0 atom stereocenters. The van der Waals surface area contributed by atoms with E-state index < -0.39 is 11.6 Å². The van der Waals surface area contributed by atoms with Crippen molar-refractivity contribution in [3.63, 3.8) is 0 Å². The van der Waals surface area contributed by atoms with E-state index in [2.05, 4.69) is 0 Å². The molecule has 0 aliphatic rings. The van der Waals surface area contributed by atoms with Crippen LogP contribution < -0.4 is 4.74 Å². The molecule has 5 heteroatoms. The molecule has 0 saturated heterocycles. The number of ketones is 1. The van der Waals surface area contributed by atoms with E-state index >= 15 is 0 Å². The Labute approximate surface area is 152 Å². The summed E-state index contributed by atoms with van der Waals surface area (Å²) in [5.74, 6) is -0.412. The monoisotopic (exact) mass is 358 g/mol. The van der Waals surface area contributed by atoms with Crippen molar-refractivity contribution in [2.75, 3.05) is 6.26 Å². The van der Waals surface area contributed by atoms with Gasteiger partial charge in [-0.2, -0.15) is 0 Å². The summed E-state index contributed by atoms with van der Waals surface area (Å²) >= 11 is 1.65. The molecule has 0 saturated carbocycles. The van der Waals surface area contributed by atoms with Crippen molar-refractivity contribution in [1.29, 1.82) is 0 Å². The second-order valence-electron chi connectivity index (χ2n) is 6.21. The molecule has 132 valence electrons. The molecule has 0 bridgehead atoms. The van der Waals surface area contributed by atoms with Crippen LogP contribution in [0.25, 0.3) is 0 Å². The number of Topliss-reactive ketones (excluding diaryl/α,β-unsaturated/α-hetero) is 1. The van der Waals surface area contributed by atoms with Crippen LogP contribution in [-0.2, 0) is 11.2 Å². The third kappa shape index (κ3) is 5.36. The molecule has 0 heterocycles. The molecule has 0 aliphatic carbocycles. The van der Waals surface area contributed by atoms with E-state index in [4.69, 9.17) is 9.84 Å². The maximum atomic E-state index is 12.3. The molecule has 0 amide bonds. The lowest BCUT2D eigenvalue weighted by Crippen LogP contribution is -2.37. The standard InChI is InChI=1S/C20H22O4S/c1-20(2,19(22)23)24-16-9-4-14(5-10-16)6-13-18(21)15-7-11-17(25-3)12-8-15/h4-5,7-12H,6,13H2,1-3H3,(H,22,23). The Balaban J connectivity index is 1.92. The third-order valence-corrected chi connectivity index (χ3v) is 4.61. The average Bonchev–Trinajstić information content (AvgIpc) is 2.60. The first-order valence-electron chi connectivity index (χ1n) is 8.00. The van der Waals surface area contributed by atoms with Gasteiger partial charge in [-0.15, -0.1) is 11.8 Å². The summed E-state index contributed by atoms with van der Waals surface area (Å²) in [7, 11) is 0. The normalized spacial score (nSPS) is 11.2. The summed E-state index contributed by atoms with van der Waals surface area (Å²) in [6, 6.07) is 14.8. The molecule has 2 aromatic rings. The Morgan fingerprint density at radius 2 is 1.64 bits per heavy atom. The topological polar surface area (TPSA) is 63.6 Å². The van der Waals surface area contributed by atoms with E-state index in [-0.39, 0.29) is 5.78 Å². The van der Waals surface area contributed by atoms with Crippen LogP contribution in [0.1, 0.15) is 36.2 Å². The number of aryl methyl sites for hydroxylation is 1. The van der Waals surface area contributed by atoms with Gasteiger partial charge in [-0.25, -0.2) is 4.79 Å². The zero-order valence-corrected chi connectivity index (χ0v) is 15.4. The molecule has 1 N–H and O–H groups in total. The van der Waals surface area contributed by atoms with Crippen LogP contribution in [0.3, 0.4) is 0 Å². The van der Waals surface area contributed by atoms with Crippen molar-refractivity contribution < 1.29 is 19.4 Å². The van der Waals surface area contributed by atoms with Crippen molar-refractivity contribution in [2.45, 2.75) is 37.2 Å². The average molecular weight is 358 g/mol. The van der Waals surface area contributed by atoms with Gasteiger partial charge in [0.05, 0.1) is 0 Å². The molecule has 2 aromatic carbocycles. The lowest BCUT2D eigenvalue weighted by Gasteiger charge is -2.21. The van der Waals surface area contributed by atoms with Crippen molar-refractivity contribution >= 4 is 23.5 Å². The number of hydrogen-bond acceptors (Lipinski definition) is 4. The summed E-state index contributed by atoms with van der Waals surface area (Å²) in [6.07, 6.45) is 3.06. The number of carbonyl (C=O) groups is 2. The first kappa shape index (κ1) is 19.1. The molecule has 2 rings (SSSR count). The number of rotatable bonds is 8. The molecule has 25 heavy (non-hydrogen) atoms. The first-order valence-corrected chi connectivity index (χ1v) is 9.23. The van der Waals surface area contributed by atoms with Gasteiger partial charge in [-0.05, 0) is 56.4 Å². The van der Waals surface area contributed by atoms with E-state index in [1.165, 1.54) is 13.8 Å². The predicted molar refractivity (Wildman–Crippen MR) is 99.7 cm³/mol. The number of thioether (sulfide) groups is 1. The van der Waals surface area contributed by atoms with Crippen molar-refractivity contribution in [2.24, 2.45) is 0 Å². The lowest BCUT2D eigenvalue weighted by molar-refractivity contribution is -0.152. The maximum absolute atomic E-state index is 12.3. The number of ether oxygens (including phenoxy) is 1. The zero-order chi connectivity index (χ0) is 18.4. The summed E-state index contributed by atoms with van der Waals surface area (Å²) in [5.41, 5.74) is 0.455. The molecule has 0 aromatic heterocycles. The van der Waals surface area contributed by atoms with Gasteiger partial charge in [0.2, 0.25) is 0 Å². The second-order valence-corrected chi connectivity index (χ2v) is 7.09. The Kier molecular flexibility index (Phi) is 6.26. The molecular formula is C20H22O4S. The highest BCUT2D eigenvalue weighted by Crippen LogP contribution is 2.20. The molecule has 4 nitrogen and oxygen atoms in total. The van der Waals surface area contributed by atoms with E-state index in [0.29, 0.717) is 18.6 Å². The predicted octanol–water partition coefficient (Wildman–Crippen LogP) is 4.47. The van der Waals surface area contributed by atoms with Gasteiger partial charge in [0.25, 0.3) is 0 Å². The highest BCUT2D eigenvalue weighted by Gasteiger charge is 2.29. The Morgan fingerprint density at radius 1 is 1.04 bits per heavy atom. The van der Waals surface area contributed by atoms with Gasteiger partial charge in [-0.3, -0.25) is 4.79 Å². The van der Waals surface area contributed by atoms with Gasteiger partial charge in [0.1, 0.15) is 5.75 Å². The third-order valence-electron chi connectivity index (χ3n) is 3.86. The molecule has 0 unspecified atom stereocenters. The largest absolute Gasteiger partial charge is 0.478 e. The van der Waals surface area contributed by atoms with Gasteiger partial charge >= 0.3 is 5.97 Å². The fourth-order valence-corrected chi connectivity index (χ4v) is 2.65. The second kappa shape index (κ2) is 8.21. The number of benzene rings is 2. The van der Waals surface area contributed by atoms with Gasteiger partial charge < -0.3 is 9.84 Å². The van der Waals surface area contributed by atoms with Gasteiger partial charge in [-0.1, -0.05) is 24.3 Å².